The third kappa shape index (κ3) is 60.1. The number of allylic oxidation sites excluding steroid dienone is 9. The summed E-state index contributed by atoms with van der Waals surface area (Å²) < 4.78 is 30.7. The largest absolute Gasteiger partial charge is 0.472 e. The quantitative estimate of drug-likeness (QED) is 0.0205. The first-order chi connectivity index (χ1) is 38.4. The zero-order valence-electron chi connectivity index (χ0n) is 52.9. The number of esters is 1. The van der Waals surface area contributed by atoms with Crippen molar-refractivity contribution in [1.82, 2.24) is 5.32 Å². The Hall–Kier alpha value is -2.29. The van der Waals surface area contributed by atoms with E-state index in [-0.39, 0.29) is 31.5 Å². The maximum Gasteiger partial charge on any atom is 0.472 e. The normalized spacial score (nSPS) is 14.0. The van der Waals surface area contributed by atoms with Gasteiger partial charge in [-0.05, 0) is 96.0 Å². The molecule has 0 radical (unpaired) electrons. The molecule has 10 heteroatoms. The highest BCUT2D eigenvalue weighted by Gasteiger charge is 2.30. The SMILES string of the molecule is CCCCC/C=C\C/C=C\C/C=C\CCCCCCCCCCCCCCC(=O)NC(COP(=O)(O)OCC[N+](C)(C)C)C(/C=C\CCCCCCCCCCC)OC(=O)CCCCCCCCC/C=C/CCCCCCCC. The Balaban J connectivity index is 5.07. The lowest BCUT2D eigenvalue weighted by Crippen LogP contribution is -2.47. The number of likely N-dealkylation sites (N-methyl/N-ethyl adjacent to an activating group) is 1. The molecule has 462 valence electrons. The molecular weight excluding hydrogens is 1000 g/mol. The Labute approximate surface area is 490 Å². The van der Waals surface area contributed by atoms with Crippen LogP contribution < -0.4 is 5.32 Å². The van der Waals surface area contributed by atoms with E-state index in [1.54, 1.807) is 0 Å². The fourth-order valence-electron chi connectivity index (χ4n) is 9.71. The van der Waals surface area contributed by atoms with Gasteiger partial charge in [-0.2, -0.15) is 0 Å². The van der Waals surface area contributed by atoms with Gasteiger partial charge in [0.05, 0.1) is 33.8 Å². The number of carbonyl (C=O) groups is 2. The number of quaternary nitrogens is 1. The molecule has 0 aliphatic carbocycles. The van der Waals surface area contributed by atoms with Crippen LogP contribution in [0.3, 0.4) is 0 Å². The minimum absolute atomic E-state index is 0.0389. The number of amides is 1. The second kappa shape index (κ2) is 58.9. The second-order valence-corrected chi connectivity index (χ2v) is 25.4. The fourth-order valence-corrected chi connectivity index (χ4v) is 10.4. The van der Waals surface area contributed by atoms with Gasteiger partial charge in [-0.25, -0.2) is 4.57 Å². The van der Waals surface area contributed by atoms with E-state index in [4.69, 9.17) is 13.8 Å². The van der Waals surface area contributed by atoms with Gasteiger partial charge in [-0.1, -0.05) is 268 Å². The van der Waals surface area contributed by atoms with E-state index in [0.29, 0.717) is 17.4 Å². The van der Waals surface area contributed by atoms with E-state index in [1.165, 1.54) is 212 Å². The molecule has 3 unspecified atom stereocenters. The molecule has 0 heterocycles. The highest BCUT2D eigenvalue weighted by Crippen LogP contribution is 2.43. The highest BCUT2D eigenvalue weighted by atomic mass is 31.2. The number of nitrogens with zero attached hydrogens (tertiary/aromatic N) is 1. The Morgan fingerprint density at radius 3 is 1.19 bits per heavy atom. The smallest absolute Gasteiger partial charge is 0.456 e. The van der Waals surface area contributed by atoms with Crippen LogP contribution in [0.5, 0.6) is 0 Å². The molecule has 1 amide bonds. The summed E-state index contributed by atoms with van der Waals surface area (Å²) in [6.07, 6.45) is 75.1. The van der Waals surface area contributed by atoms with Crippen molar-refractivity contribution < 1.29 is 37.3 Å². The number of ether oxygens (including phenoxy) is 1. The van der Waals surface area contributed by atoms with Gasteiger partial charge in [-0.15, -0.1) is 0 Å². The summed E-state index contributed by atoms with van der Waals surface area (Å²) in [6.45, 7) is 7.00. The summed E-state index contributed by atoms with van der Waals surface area (Å²) >= 11 is 0. The molecule has 0 spiro atoms. The monoisotopic (exact) mass is 1130 g/mol. The van der Waals surface area contributed by atoms with E-state index in [9.17, 15) is 19.0 Å². The molecule has 0 aromatic rings. The van der Waals surface area contributed by atoms with Crippen molar-refractivity contribution in [3.05, 3.63) is 60.8 Å². The summed E-state index contributed by atoms with van der Waals surface area (Å²) in [7, 11) is 1.50. The molecule has 0 saturated carbocycles. The number of phosphoric ester groups is 1. The van der Waals surface area contributed by atoms with Crippen molar-refractivity contribution in [2.45, 2.75) is 328 Å². The standard InChI is InChI=1S/C69H129N2O7P/c1-7-10-13-16-19-22-25-27-29-31-32-33-34-35-36-37-38-40-41-43-46-49-52-55-58-61-68(72)70-66(65-77-79(74,75)76-64-63-71(4,5)6)67(60-57-54-51-48-45-24-21-18-15-12-9-3)78-69(73)62-59-56-53-50-47-44-42-39-30-28-26-23-20-17-14-11-8-2/h19,22,27-30,32-33,57,60,66-67H,7-18,20-21,23-26,31,34-56,58-59,61-65H2,1-6H3,(H-,70,72,74,75)/p+1/b22-19-,29-27-,30-28+,33-32-,60-57-. The lowest BCUT2D eigenvalue weighted by Gasteiger charge is -2.27. The van der Waals surface area contributed by atoms with Gasteiger partial charge in [0.25, 0.3) is 0 Å². The van der Waals surface area contributed by atoms with E-state index in [0.717, 1.165) is 70.6 Å². The van der Waals surface area contributed by atoms with Crippen LogP contribution in [-0.2, 0) is 27.9 Å². The summed E-state index contributed by atoms with van der Waals surface area (Å²) in [4.78, 5) is 37.8. The Morgan fingerprint density at radius 2 is 0.772 bits per heavy atom. The highest BCUT2D eigenvalue weighted by molar-refractivity contribution is 7.47. The van der Waals surface area contributed by atoms with Crippen molar-refractivity contribution in [2.24, 2.45) is 0 Å². The first-order valence-corrected chi connectivity index (χ1v) is 35.1. The van der Waals surface area contributed by atoms with E-state index in [2.05, 4.69) is 74.7 Å². The van der Waals surface area contributed by atoms with Crippen LogP contribution in [-0.4, -0.2) is 74.3 Å². The van der Waals surface area contributed by atoms with Crippen molar-refractivity contribution in [1.29, 1.82) is 0 Å². The zero-order chi connectivity index (χ0) is 57.9. The van der Waals surface area contributed by atoms with Crippen molar-refractivity contribution >= 4 is 19.7 Å². The molecule has 0 aromatic heterocycles. The first kappa shape index (κ1) is 76.7. The molecule has 0 fully saturated rings. The van der Waals surface area contributed by atoms with Crippen LogP contribution in [0.1, 0.15) is 316 Å². The molecule has 3 atom stereocenters. The Kier molecular flexibility index (Phi) is 57.2. The fraction of sp³-hybridized carbons (Fsp3) is 0.826. The van der Waals surface area contributed by atoms with Crippen molar-refractivity contribution in [2.75, 3.05) is 40.9 Å². The molecule has 0 aromatic carbocycles. The van der Waals surface area contributed by atoms with Gasteiger partial charge in [0, 0.05) is 12.8 Å². The number of nitrogens with one attached hydrogen (secondary N) is 1. The summed E-state index contributed by atoms with van der Waals surface area (Å²) in [5.74, 6) is -0.504. The maximum absolute atomic E-state index is 13.6. The molecule has 0 aliphatic rings. The van der Waals surface area contributed by atoms with Crippen LogP contribution in [0.4, 0.5) is 0 Å². The Bertz CT molecular complexity index is 1540. The van der Waals surface area contributed by atoms with E-state index in [1.807, 2.05) is 33.3 Å². The van der Waals surface area contributed by atoms with Crippen LogP contribution >= 0.6 is 7.82 Å². The predicted octanol–water partition coefficient (Wildman–Crippen LogP) is 21.0. The van der Waals surface area contributed by atoms with Gasteiger partial charge in [0.2, 0.25) is 5.91 Å². The number of hydrogen-bond donors (Lipinski definition) is 2. The molecule has 0 aliphatic heterocycles. The van der Waals surface area contributed by atoms with Crippen LogP contribution in [0.2, 0.25) is 0 Å². The average Bonchev–Trinajstić information content (AvgIpc) is 3.41. The topological polar surface area (TPSA) is 111 Å². The molecular formula is C69H130N2O7P+. The van der Waals surface area contributed by atoms with Gasteiger partial charge < -0.3 is 19.4 Å². The molecule has 0 rings (SSSR count). The minimum atomic E-state index is -4.45. The molecule has 2 N–H and O–H groups in total. The number of unbranched alkanes of at least 4 members (excludes halogenated alkanes) is 37. The third-order valence-corrected chi connectivity index (χ3v) is 15.9. The number of hydrogen-bond acceptors (Lipinski definition) is 6. The average molecular weight is 1130 g/mol. The number of carbonyl (C=O) groups excluding carboxylic acids is 2. The summed E-state index contributed by atoms with van der Waals surface area (Å²) in [6, 6.07) is -0.851. The van der Waals surface area contributed by atoms with Crippen LogP contribution in [0.15, 0.2) is 60.8 Å². The van der Waals surface area contributed by atoms with Crippen LogP contribution in [0.25, 0.3) is 0 Å². The number of rotatable bonds is 61. The molecule has 79 heavy (non-hydrogen) atoms. The zero-order valence-corrected chi connectivity index (χ0v) is 53.8. The summed E-state index contributed by atoms with van der Waals surface area (Å²) in [5, 5.41) is 3.06. The van der Waals surface area contributed by atoms with Gasteiger partial charge in [-0.3, -0.25) is 18.6 Å². The molecule has 0 saturated heterocycles. The predicted molar refractivity (Wildman–Crippen MR) is 342 cm³/mol. The van der Waals surface area contributed by atoms with Crippen LogP contribution in [0, 0.1) is 0 Å². The van der Waals surface area contributed by atoms with Gasteiger partial charge in [0.1, 0.15) is 19.3 Å². The minimum Gasteiger partial charge on any atom is -0.456 e. The lowest BCUT2D eigenvalue weighted by molar-refractivity contribution is -0.870. The molecule has 9 nitrogen and oxygen atoms in total. The van der Waals surface area contributed by atoms with E-state index >= 15 is 0 Å². The van der Waals surface area contributed by atoms with Crippen molar-refractivity contribution in [3.8, 4) is 0 Å². The number of phosphoric acid groups is 1. The maximum atomic E-state index is 13.6. The lowest BCUT2D eigenvalue weighted by atomic mass is 10.0. The second-order valence-electron chi connectivity index (χ2n) is 24.0. The Morgan fingerprint density at radius 1 is 0.443 bits per heavy atom. The first-order valence-electron chi connectivity index (χ1n) is 33.6. The van der Waals surface area contributed by atoms with Crippen molar-refractivity contribution in [3.63, 3.8) is 0 Å². The van der Waals surface area contributed by atoms with Gasteiger partial charge >= 0.3 is 13.8 Å². The molecule has 0 bridgehead atoms. The third-order valence-electron chi connectivity index (χ3n) is 14.9. The van der Waals surface area contributed by atoms with Gasteiger partial charge in [0.15, 0.2) is 0 Å². The van der Waals surface area contributed by atoms with E-state index < -0.39 is 20.0 Å². The summed E-state index contributed by atoms with van der Waals surface area (Å²) in [5.41, 5.74) is 0.